The molecule has 0 saturated carbocycles. The number of aliphatic hydroxyl groups is 1. The van der Waals surface area contributed by atoms with Crippen LogP contribution in [0.4, 0.5) is 4.39 Å². The number of aliphatic hydroxyl groups excluding tert-OH is 1. The molecule has 1 amide bonds. The van der Waals surface area contributed by atoms with Gasteiger partial charge in [0, 0.05) is 12.1 Å². The molecule has 1 aliphatic rings. The number of rotatable bonds is 7. The molecule has 30 heavy (non-hydrogen) atoms. The van der Waals surface area contributed by atoms with Gasteiger partial charge in [0.1, 0.15) is 5.76 Å². The maximum Gasteiger partial charge on any atom is 0.295 e. The first-order valence-corrected chi connectivity index (χ1v) is 9.67. The monoisotopic (exact) mass is 412 g/mol. The molecule has 1 aliphatic heterocycles. The summed E-state index contributed by atoms with van der Waals surface area (Å²) in [6.07, 6.45) is 0.667. The van der Waals surface area contributed by atoms with Crippen LogP contribution in [0, 0.1) is 5.82 Å². The zero-order chi connectivity index (χ0) is 21.8. The second kappa shape index (κ2) is 9.09. The molecule has 0 aliphatic carbocycles. The van der Waals surface area contributed by atoms with Crippen molar-refractivity contribution in [1.82, 2.24) is 9.80 Å². The first kappa shape index (κ1) is 21.5. The quantitative estimate of drug-likeness (QED) is 0.430. The summed E-state index contributed by atoms with van der Waals surface area (Å²) in [4.78, 5) is 29.2. The van der Waals surface area contributed by atoms with Gasteiger partial charge >= 0.3 is 0 Å². The third-order valence-electron chi connectivity index (χ3n) is 5.08. The number of methoxy groups -OCH3 is 1. The van der Waals surface area contributed by atoms with E-state index in [4.69, 9.17) is 4.74 Å². The molecule has 1 fully saturated rings. The molecule has 7 heteroatoms. The van der Waals surface area contributed by atoms with Crippen molar-refractivity contribution in [2.24, 2.45) is 0 Å². The molecule has 0 radical (unpaired) electrons. The van der Waals surface area contributed by atoms with Gasteiger partial charge < -0.3 is 19.6 Å². The summed E-state index contributed by atoms with van der Waals surface area (Å²) in [7, 11) is 5.20. The molecular formula is C23H25FN2O4. The third kappa shape index (κ3) is 4.21. The summed E-state index contributed by atoms with van der Waals surface area (Å²) in [5.41, 5.74) is 0.776. The molecule has 6 nitrogen and oxygen atoms in total. The second-order valence-electron chi connectivity index (χ2n) is 7.41. The zero-order valence-corrected chi connectivity index (χ0v) is 17.3. The summed E-state index contributed by atoms with van der Waals surface area (Å²) >= 11 is 0. The number of Topliss-reactive ketones (excluding diaryl/α,β-unsaturated/α-hetero) is 1. The highest BCUT2D eigenvalue weighted by atomic mass is 19.1. The minimum absolute atomic E-state index is 0.0234. The Hall–Kier alpha value is -3.19. The van der Waals surface area contributed by atoms with Crippen LogP contribution < -0.4 is 4.74 Å². The lowest BCUT2D eigenvalue weighted by Crippen LogP contribution is -2.32. The number of halogens is 1. The lowest BCUT2D eigenvalue weighted by Gasteiger charge is -2.26. The predicted octanol–water partition coefficient (Wildman–Crippen LogP) is 3.21. The van der Waals surface area contributed by atoms with E-state index in [1.54, 1.807) is 12.1 Å². The predicted molar refractivity (Wildman–Crippen MR) is 112 cm³/mol. The number of nitrogens with zero attached hydrogens (tertiary/aromatic N) is 2. The average Bonchev–Trinajstić information content (AvgIpc) is 2.98. The second-order valence-corrected chi connectivity index (χ2v) is 7.41. The summed E-state index contributed by atoms with van der Waals surface area (Å²) in [5, 5.41) is 10.9. The standard InChI is InChI=1S/C23H25FN2O4/c1-25(2)12-7-13-26-20(15-8-5-4-6-9-15)19(22(28)23(26)29)21(27)16-10-11-18(30-3)17(24)14-16/h4-6,8-11,14,20,27H,7,12-13H2,1-3H3/t20-/m0/s1. The number of carbonyl (C=O) groups excluding carboxylic acids is 2. The molecular weight excluding hydrogens is 387 g/mol. The maximum absolute atomic E-state index is 14.2. The van der Waals surface area contributed by atoms with Gasteiger partial charge in [-0.25, -0.2) is 4.39 Å². The first-order chi connectivity index (χ1) is 14.3. The SMILES string of the molecule is COc1ccc(C(O)=C2C(=O)C(=O)N(CCCN(C)C)[C@H]2c2ccccc2)cc1F. The van der Waals surface area contributed by atoms with E-state index in [9.17, 15) is 19.1 Å². The fourth-order valence-electron chi connectivity index (χ4n) is 3.62. The number of carbonyl (C=O) groups is 2. The lowest BCUT2D eigenvalue weighted by atomic mass is 9.95. The molecule has 1 atom stereocenters. The summed E-state index contributed by atoms with van der Waals surface area (Å²) in [6, 6.07) is 12.2. The van der Waals surface area contributed by atoms with E-state index in [1.807, 2.05) is 37.2 Å². The van der Waals surface area contributed by atoms with Crippen LogP contribution in [0.3, 0.4) is 0 Å². The van der Waals surface area contributed by atoms with Gasteiger partial charge in [0.25, 0.3) is 11.7 Å². The van der Waals surface area contributed by atoms with Gasteiger partial charge in [0.05, 0.1) is 18.7 Å². The van der Waals surface area contributed by atoms with Crippen molar-refractivity contribution in [2.75, 3.05) is 34.3 Å². The number of likely N-dealkylation sites (tertiary alicyclic amines) is 1. The highest BCUT2D eigenvalue weighted by molar-refractivity contribution is 6.46. The molecule has 0 bridgehead atoms. The first-order valence-electron chi connectivity index (χ1n) is 9.67. The number of amides is 1. The topological polar surface area (TPSA) is 70.1 Å². The van der Waals surface area contributed by atoms with Gasteiger partial charge in [-0.05, 0) is 50.8 Å². The number of ketones is 1. The Morgan fingerprint density at radius 2 is 1.87 bits per heavy atom. The highest BCUT2D eigenvalue weighted by Gasteiger charge is 2.45. The minimum Gasteiger partial charge on any atom is -0.507 e. The smallest absolute Gasteiger partial charge is 0.295 e. The molecule has 1 heterocycles. The van der Waals surface area contributed by atoms with Crippen molar-refractivity contribution in [2.45, 2.75) is 12.5 Å². The van der Waals surface area contributed by atoms with E-state index < -0.39 is 29.3 Å². The number of ether oxygens (including phenoxy) is 1. The maximum atomic E-state index is 14.2. The van der Waals surface area contributed by atoms with Crippen LogP contribution in [0.5, 0.6) is 5.75 Å². The molecule has 3 rings (SSSR count). The Morgan fingerprint density at radius 3 is 2.47 bits per heavy atom. The summed E-state index contributed by atoms with van der Waals surface area (Å²) in [5.74, 6) is -2.49. The van der Waals surface area contributed by atoms with Gasteiger partial charge in [-0.1, -0.05) is 30.3 Å². The molecule has 0 aromatic heterocycles. The Bertz CT molecular complexity index is 972. The van der Waals surface area contributed by atoms with Crippen LogP contribution in [0.2, 0.25) is 0 Å². The lowest BCUT2D eigenvalue weighted by molar-refractivity contribution is -0.139. The van der Waals surface area contributed by atoms with Gasteiger partial charge in [0.15, 0.2) is 11.6 Å². The van der Waals surface area contributed by atoms with Crippen molar-refractivity contribution in [3.05, 3.63) is 71.0 Å². The highest BCUT2D eigenvalue weighted by Crippen LogP contribution is 2.39. The van der Waals surface area contributed by atoms with Crippen molar-refractivity contribution < 1.29 is 23.8 Å². The number of hydrogen-bond donors (Lipinski definition) is 1. The Morgan fingerprint density at radius 1 is 1.17 bits per heavy atom. The number of benzene rings is 2. The average molecular weight is 412 g/mol. The van der Waals surface area contributed by atoms with E-state index in [2.05, 4.69) is 0 Å². The van der Waals surface area contributed by atoms with Crippen molar-refractivity contribution in [3.63, 3.8) is 0 Å². The van der Waals surface area contributed by atoms with E-state index in [-0.39, 0.29) is 16.9 Å². The van der Waals surface area contributed by atoms with Crippen LogP contribution in [-0.4, -0.2) is 60.9 Å². The molecule has 0 unspecified atom stereocenters. The van der Waals surface area contributed by atoms with Crippen LogP contribution in [0.1, 0.15) is 23.6 Å². The minimum atomic E-state index is -0.776. The van der Waals surface area contributed by atoms with Crippen LogP contribution in [-0.2, 0) is 9.59 Å². The Labute approximate surface area is 175 Å². The molecule has 2 aromatic rings. The van der Waals surface area contributed by atoms with Crippen molar-refractivity contribution in [1.29, 1.82) is 0 Å². The van der Waals surface area contributed by atoms with Crippen LogP contribution in [0.15, 0.2) is 54.1 Å². The van der Waals surface area contributed by atoms with E-state index in [0.29, 0.717) is 18.5 Å². The van der Waals surface area contributed by atoms with Gasteiger partial charge in [-0.15, -0.1) is 0 Å². The summed E-state index contributed by atoms with van der Waals surface area (Å²) in [6.45, 7) is 1.10. The Balaban J connectivity index is 2.08. The van der Waals surface area contributed by atoms with Gasteiger partial charge in [-0.2, -0.15) is 0 Å². The molecule has 0 spiro atoms. The van der Waals surface area contributed by atoms with Crippen LogP contribution in [0.25, 0.3) is 5.76 Å². The fourth-order valence-corrected chi connectivity index (χ4v) is 3.62. The third-order valence-corrected chi connectivity index (χ3v) is 5.08. The van der Waals surface area contributed by atoms with E-state index >= 15 is 0 Å². The van der Waals surface area contributed by atoms with Crippen molar-refractivity contribution >= 4 is 17.4 Å². The summed E-state index contributed by atoms with van der Waals surface area (Å²) < 4.78 is 19.1. The van der Waals surface area contributed by atoms with Crippen LogP contribution >= 0.6 is 0 Å². The van der Waals surface area contributed by atoms with Crippen molar-refractivity contribution in [3.8, 4) is 5.75 Å². The van der Waals surface area contributed by atoms with Gasteiger partial charge in [-0.3, -0.25) is 9.59 Å². The molecule has 1 N–H and O–H groups in total. The zero-order valence-electron chi connectivity index (χ0n) is 17.3. The molecule has 158 valence electrons. The number of hydrogen-bond acceptors (Lipinski definition) is 5. The largest absolute Gasteiger partial charge is 0.507 e. The van der Waals surface area contributed by atoms with Gasteiger partial charge in [0.2, 0.25) is 0 Å². The molecule has 1 saturated heterocycles. The Kier molecular flexibility index (Phi) is 6.52. The van der Waals surface area contributed by atoms with E-state index in [1.165, 1.54) is 24.1 Å². The fraction of sp³-hybridized carbons (Fsp3) is 0.304. The normalized spacial score (nSPS) is 18.3. The van der Waals surface area contributed by atoms with E-state index in [0.717, 1.165) is 12.6 Å². The molecule has 2 aromatic carbocycles.